The van der Waals surface area contributed by atoms with E-state index in [0.29, 0.717) is 5.78 Å². The quantitative estimate of drug-likeness (QED) is 0.663. The second kappa shape index (κ2) is 3.69. The van der Waals surface area contributed by atoms with Crippen molar-refractivity contribution in [2.45, 2.75) is 26.7 Å². The van der Waals surface area contributed by atoms with Gasteiger partial charge in [-0.15, -0.1) is 0 Å². The molecule has 0 aliphatic heterocycles. The Balaban J connectivity index is 2.34. The third-order valence-electron chi connectivity index (χ3n) is 3.80. The summed E-state index contributed by atoms with van der Waals surface area (Å²) in [6.07, 6.45) is 2.02. The molecule has 3 rings (SSSR count). The molecule has 0 saturated heterocycles. The summed E-state index contributed by atoms with van der Waals surface area (Å²) in [6, 6.07) is 10.6. The maximum absolute atomic E-state index is 12.3. The van der Waals surface area contributed by atoms with Gasteiger partial charge in [-0.3, -0.25) is 4.79 Å². The van der Waals surface area contributed by atoms with Crippen LogP contribution >= 0.6 is 0 Å². The number of carbonyl (C=O) groups excluding carboxylic acids is 1. The standard InChI is InChI=1S/C16H16O/c1-10-3-8-14-13(9-10)7-6-12-5-4-11(2)16(17)15(12)14/h3,6-9,11H,4-5H2,1-2H3. The van der Waals surface area contributed by atoms with Crippen molar-refractivity contribution in [1.82, 2.24) is 0 Å². The molecule has 0 N–H and O–H groups in total. The first-order valence-corrected chi connectivity index (χ1v) is 6.23. The molecule has 1 atom stereocenters. The van der Waals surface area contributed by atoms with E-state index in [1.54, 1.807) is 0 Å². The van der Waals surface area contributed by atoms with Crippen molar-refractivity contribution in [3.63, 3.8) is 0 Å². The molecule has 0 fully saturated rings. The van der Waals surface area contributed by atoms with Crippen LogP contribution in [-0.4, -0.2) is 5.78 Å². The minimum absolute atomic E-state index is 0.175. The lowest BCUT2D eigenvalue weighted by molar-refractivity contribution is 0.0915. The molecule has 0 saturated carbocycles. The van der Waals surface area contributed by atoms with Crippen molar-refractivity contribution < 1.29 is 4.79 Å². The van der Waals surface area contributed by atoms with E-state index in [-0.39, 0.29) is 5.92 Å². The zero-order chi connectivity index (χ0) is 12.0. The number of benzene rings is 2. The molecule has 2 aromatic carbocycles. The van der Waals surface area contributed by atoms with Crippen molar-refractivity contribution in [3.8, 4) is 0 Å². The van der Waals surface area contributed by atoms with Gasteiger partial charge in [-0.05, 0) is 36.1 Å². The maximum Gasteiger partial charge on any atom is 0.166 e. The lowest BCUT2D eigenvalue weighted by atomic mass is 9.81. The zero-order valence-electron chi connectivity index (χ0n) is 10.3. The normalized spacial score (nSPS) is 19.4. The summed E-state index contributed by atoms with van der Waals surface area (Å²) in [4.78, 5) is 12.3. The monoisotopic (exact) mass is 224 g/mol. The summed E-state index contributed by atoms with van der Waals surface area (Å²) in [6.45, 7) is 4.13. The SMILES string of the molecule is Cc1ccc2c3c(ccc2c1)CCC(C)C3=O. The Morgan fingerprint density at radius 3 is 2.82 bits per heavy atom. The maximum atomic E-state index is 12.3. The fourth-order valence-electron chi connectivity index (χ4n) is 2.74. The Bertz CT molecular complexity index is 610. The number of aryl methyl sites for hydroxylation is 2. The fourth-order valence-corrected chi connectivity index (χ4v) is 2.74. The lowest BCUT2D eigenvalue weighted by Gasteiger charge is -2.21. The molecule has 17 heavy (non-hydrogen) atoms. The van der Waals surface area contributed by atoms with Crippen molar-refractivity contribution in [1.29, 1.82) is 0 Å². The minimum Gasteiger partial charge on any atom is -0.294 e. The van der Waals surface area contributed by atoms with Crippen LogP contribution in [0.15, 0.2) is 30.3 Å². The molecule has 1 nitrogen and oxygen atoms in total. The number of hydrogen-bond acceptors (Lipinski definition) is 1. The first kappa shape index (κ1) is 10.5. The predicted octanol–water partition coefficient (Wildman–Crippen LogP) is 3.91. The molecule has 86 valence electrons. The number of carbonyl (C=O) groups is 1. The highest BCUT2D eigenvalue weighted by Crippen LogP contribution is 2.31. The smallest absolute Gasteiger partial charge is 0.166 e. The second-order valence-electron chi connectivity index (χ2n) is 5.13. The van der Waals surface area contributed by atoms with Crippen molar-refractivity contribution in [2.24, 2.45) is 5.92 Å². The number of rotatable bonds is 0. The molecule has 0 spiro atoms. The first-order valence-electron chi connectivity index (χ1n) is 6.23. The average Bonchev–Trinajstić information content (AvgIpc) is 2.33. The number of Topliss-reactive ketones (excluding diaryl/α,β-unsaturated/α-hetero) is 1. The van der Waals surface area contributed by atoms with Gasteiger partial charge < -0.3 is 0 Å². The van der Waals surface area contributed by atoms with Crippen LogP contribution in [0.4, 0.5) is 0 Å². The topological polar surface area (TPSA) is 17.1 Å². The lowest BCUT2D eigenvalue weighted by Crippen LogP contribution is -2.20. The molecule has 1 aliphatic carbocycles. The molecule has 0 heterocycles. The van der Waals surface area contributed by atoms with E-state index in [9.17, 15) is 4.79 Å². The van der Waals surface area contributed by atoms with Crippen molar-refractivity contribution in [3.05, 3.63) is 47.0 Å². The van der Waals surface area contributed by atoms with Gasteiger partial charge in [0.15, 0.2) is 5.78 Å². The van der Waals surface area contributed by atoms with Crippen molar-refractivity contribution in [2.75, 3.05) is 0 Å². The molecule has 0 radical (unpaired) electrons. The van der Waals surface area contributed by atoms with E-state index >= 15 is 0 Å². The highest BCUT2D eigenvalue weighted by Gasteiger charge is 2.25. The Kier molecular flexibility index (Phi) is 2.29. The van der Waals surface area contributed by atoms with Gasteiger partial charge in [0.05, 0.1) is 0 Å². The molecule has 0 aromatic heterocycles. The van der Waals surface area contributed by atoms with E-state index in [4.69, 9.17) is 0 Å². The van der Waals surface area contributed by atoms with E-state index in [1.807, 2.05) is 6.92 Å². The van der Waals surface area contributed by atoms with Crippen LogP contribution in [0.2, 0.25) is 0 Å². The van der Waals surface area contributed by atoms with Gasteiger partial charge in [0, 0.05) is 11.5 Å². The van der Waals surface area contributed by atoms with Gasteiger partial charge >= 0.3 is 0 Å². The molecular weight excluding hydrogens is 208 g/mol. The van der Waals surface area contributed by atoms with E-state index in [1.165, 1.54) is 16.5 Å². The highest BCUT2D eigenvalue weighted by atomic mass is 16.1. The second-order valence-corrected chi connectivity index (χ2v) is 5.13. The Hall–Kier alpha value is -1.63. The summed E-state index contributed by atoms with van der Waals surface area (Å²) < 4.78 is 0. The van der Waals surface area contributed by atoms with Gasteiger partial charge in [-0.25, -0.2) is 0 Å². The van der Waals surface area contributed by atoms with Gasteiger partial charge in [-0.2, -0.15) is 0 Å². The largest absolute Gasteiger partial charge is 0.294 e. The molecule has 2 aromatic rings. The Morgan fingerprint density at radius 2 is 2.00 bits per heavy atom. The predicted molar refractivity (Wildman–Crippen MR) is 70.5 cm³/mol. The Morgan fingerprint density at radius 1 is 1.18 bits per heavy atom. The van der Waals surface area contributed by atoms with Gasteiger partial charge in [0.25, 0.3) is 0 Å². The van der Waals surface area contributed by atoms with Crippen LogP contribution in [-0.2, 0) is 6.42 Å². The number of ketones is 1. The third-order valence-corrected chi connectivity index (χ3v) is 3.80. The van der Waals surface area contributed by atoms with Crippen LogP contribution in [0.25, 0.3) is 10.8 Å². The van der Waals surface area contributed by atoms with Crippen LogP contribution in [0.5, 0.6) is 0 Å². The first-order chi connectivity index (χ1) is 8.16. The van der Waals surface area contributed by atoms with Gasteiger partial charge in [-0.1, -0.05) is 42.8 Å². The van der Waals surface area contributed by atoms with Crippen LogP contribution in [0.1, 0.15) is 34.8 Å². The molecular formula is C16H16O. The van der Waals surface area contributed by atoms with Crippen LogP contribution < -0.4 is 0 Å². The number of fused-ring (bicyclic) bond motifs is 3. The Labute approximate surface area is 101 Å². The summed E-state index contributed by atoms with van der Waals surface area (Å²) in [5.74, 6) is 0.495. The molecule has 1 aliphatic rings. The molecule has 1 unspecified atom stereocenters. The number of hydrogen-bond donors (Lipinski definition) is 0. The molecule has 1 heteroatoms. The van der Waals surface area contributed by atoms with Gasteiger partial charge in [0.2, 0.25) is 0 Å². The van der Waals surface area contributed by atoms with Crippen molar-refractivity contribution >= 4 is 16.6 Å². The highest BCUT2D eigenvalue weighted by molar-refractivity contribution is 6.11. The summed E-state index contributed by atoms with van der Waals surface area (Å²) in [7, 11) is 0. The summed E-state index contributed by atoms with van der Waals surface area (Å²) in [5.41, 5.74) is 3.44. The average molecular weight is 224 g/mol. The summed E-state index contributed by atoms with van der Waals surface area (Å²) >= 11 is 0. The molecule has 0 bridgehead atoms. The fraction of sp³-hybridized carbons (Fsp3) is 0.312. The van der Waals surface area contributed by atoms with Crippen LogP contribution in [0, 0.1) is 12.8 Å². The van der Waals surface area contributed by atoms with Gasteiger partial charge in [0.1, 0.15) is 0 Å². The van der Waals surface area contributed by atoms with E-state index in [0.717, 1.165) is 23.8 Å². The van der Waals surface area contributed by atoms with Crippen LogP contribution in [0.3, 0.4) is 0 Å². The summed E-state index contributed by atoms with van der Waals surface area (Å²) in [5, 5.41) is 2.32. The minimum atomic E-state index is 0.175. The van der Waals surface area contributed by atoms with E-state index < -0.39 is 0 Å². The third kappa shape index (κ3) is 1.57. The molecule has 0 amide bonds. The zero-order valence-corrected chi connectivity index (χ0v) is 10.3. The van der Waals surface area contributed by atoms with E-state index in [2.05, 4.69) is 37.3 Å².